The zero-order valence-corrected chi connectivity index (χ0v) is 44.3. The maximum absolute atomic E-state index is 5.57. The van der Waals surface area contributed by atoms with Crippen LogP contribution in [0.2, 0.25) is 0 Å². The van der Waals surface area contributed by atoms with E-state index >= 15 is 0 Å². The molecular weight excluding hydrogens is 999 g/mol. The van der Waals surface area contributed by atoms with Gasteiger partial charge in [-0.2, -0.15) is 0 Å². The molecular formula is C75H47N7. The minimum atomic E-state index is 0.564. The Morgan fingerprint density at radius 1 is 0.232 bits per heavy atom. The fourth-order valence-electron chi connectivity index (χ4n) is 13.2. The summed E-state index contributed by atoms with van der Waals surface area (Å²) >= 11 is 0. The van der Waals surface area contributed by atoms with Crippen molar-refractivity contribution in [3.05, 3.63) is 285 Å². The van der Waals surface area contributed by atoms with Crippen molar-refractivity contribution in [2.75, 3.05) is 0 Å². The van der Waals surface area contributed by atoms with E-state index in [1.165, 1.54) is 32.3 Å². The van der Waals surface area contributed by atoms with Crippen LogP contribution in [0.15, 0.2) is 285 Å². The van der Waals surface area contributed by atoms with Crippen molar-refractivity contribution in [3.8, 4) is 68.0 Å². The average molecular weight is 1050 g/mol. The summed E-state index contributed by atoms with van der Waals surface area (Å²) < 4.78 is 10.0. The lowest BCUT2D eigenvalue weighted by molar-refractivity contribution is 1.07. The minimum absolute atomic E-state index is 0.564. The number of rotatable bonds is 8. The van der Waals surface area contributed by atoms with Crippen LogP contribution in [0.3, 0.4) is 0 Å². The van der Waals surface area contributed by atoms with E-state index in [2.05, 4.69) is 267 Å². The molecule has 0 saturated heterocycles. The number of nitrogens with zero attached hydrogens (tertiary/aromatic N) is 7. The second kappa shape index (κ2) is 18.2. The highest BCUT2D eigenvalue weighted by Gasteiger charge is 2.31. The minimum Gasteiger partial charge on any atom is -0.309 e. The number of hydrogen-bond acceptors (Lipinski definition) is 3. The van der Waals surface area contributed by atoms with E-state index in [-0.39, 0.29) is 0 Å². The van der Waals surface area contributed by atoms with Crippen LogP contribution in [0.5, 0.6) is 0 Å². The van der Waals surface area contributed by atoms with E-state index in [1.54, 1.807) is 0 Å². The summed E-state index contributed by atoms with van der Waals surface area (Å²) in [6.45, 7) is 0. The maximum Gasteiger partial charge on any atom is 0.164 e. The molecule has 0 N–H and O–H groups in total. The molecule has 0 radical (unpaired) electrons. The fourth-order valence-corrected chi connectivity index (χ4v) is 13.2. The van der Waals surface area contributed by atoms with Crippen molar-refractivity contribution in [1.29, 1.82) is 0 Å². The van der Waals surface area contributed by atoms with Gasteiger partial charge in [-0.15, -0.1) is 0 Å². The van der Waals surface area contributed by atoms with Crippen LogP contribution < -0.4 is 0 Å². The molecule has 0 atom stereocenters. The third kappa shape index (κ3) is 6.80. The Morgan fingerprint density at radius 2 is 0.537 bits per heavy atom. The van der Waals surface area contributed by atoms with Gasteiger partial charge in [0.15, 0.2) is 17.5 Å². The van der Waals surface area contributed by atoms with Crippen LogP contribution in [-0.4, -0.2) is 33.2 Å². The van der Waals surface area contributed by atoms with E-state index in [4.69, 9.17) is 15.0 Å². The van der Waals surface area contributed by atoms with Gasteiger partial charge < -0.3 is 18.3 Å². The first-order valence-corrected chi connectivity index (χ1v) is 27.9. The molecule has 0 spiro atoms. The zero-order chi connectivity index (χ0) is 53.8. The molecule has 0 saturated carbocycles. The van der Waals surface area contributed by atoms with Gasteiger partial charge in [0.2, 0.25) is 0 Å². The Balaban J connectivity index is 1.13. The summed E-state index contributed by atoms with van der Waals surface area (Å²) in [6.07, 6.45) is 0. The summed E-state index contributed by atoms with van der Waals surface area (Å²) in [5.41, 5.74) is 17.8. The van der Waals surface area contributed by atoms with Crippen molar-refractivity contribution in [3.63, 3.8) is 0 Å². The van der Waals surface area contributed by atoms with Gasteiger partial charge in [0.25, 0.3) is 0 Å². The van der Waals surface area contributed by atoms with E-state index in [0.29, 0.717) is 17.5 Å². The lowest BCUT2D eigenvalue weighted by Gasteiger charge is -2.21. The standard InChI is InChI=1S/C75H47N7/c1-6-26-48(27-7-1)66-59(75-77-73(49-28-8-2-9-29-49)76-74(78-75)50-30-10-3-11-31-50)46-53(47-65(66)82-60-41-21-16-36-54(60)55-37-17-22-42-61(55)82)81-64-45-25-20-40-58(64)69-71-67(56-38-18-23-43-62(56)79(71)51-32-12-4-13-33-51)70-68(72(69)81)57-39-19-24-44-63(57)80(70)52-34-14-5-15-35-52/h1-47H. The second-order valence-electron chi connectivity index (χ2n) is 21.1. The van der Waals surface area contributed by atoms with Gasteiger partial charge in [-0.3, -0.25) is 0 Å². The Morgan fingerprint density at radius 3 is 0.939 bits per heavy atom. The molecule has 382 valence electrons. The monoisotopic (exact) mass is 1050 g/mol. The molecule has 5 heterocycles. The Labute approximate surface area is 471 Å². The Hall–Kier alpha value is -11.2. The third-order valence-electron chi connectivity index (χ3n) is 16.5. The van der Waals surface area contributed by atoms with Crippen LogP contribution >= 0.6 is 0 Å². The van der Waals surface area contributed by atoms with Gasteiger partial charge in [-0.1, -0.05) is 218 Å². The second-order valence-corrected chi connectivity index (χ2v) is 21.1. The van der Waals surface area contributed by atoms with Gasteiger partial charge in [0.1, 0.15) is 0 Å². The molecule has 0 aliphatic carbocycles. The predicted octanol–water partition coefficient (Wildman–Crippen LogP) is 18.9. The van der Waals surface area contributed by atoms with Gasteiger partial charge in [0, 0.05) is 82.4 Å². The molecule has 0 unspecified atom stereocenters. The molecule has 0 bridgehead atoms. The first-order chi connectivity index (χ1) is 40.7. The van der Waals surface area contributed by atoms with Crippen molar-refractivity contribution in [1.82, 2.24) is 33.2 Å². The SMILES string of the molecule is c1ccc(-c2nc(-c3ccccc3)nc(-c3cc(-n4c5ccccc5c5c6c(c7ccccc7n6-c6ccccc6)c6c(c7ccccc7n6-c6ccccc6)c54)cc(-n4c5ccccc5c5ccccc54)c3-c3ccccc3)n2)cc1. The van der Waals surface area contributed by atoms with E-state index in [0.717, 1.165) is 105 Å². The third-order valence-corrected chi connectivity index (χ3v) is 16.5. The maximum atomic E-state index is 5.57. The number of fused-ring (bicyclic) bond motifs is 15. The van der Waals surface area contributed by atoms with Gasteiger partial charge >= 0.3 is 0 Å². The molecule has 12 aromatic carbocycles. The van der Waals surface area contributed by atoms with Gasteiger partial charge in [-0.05, 0) is 72.3 Å². The summed E-state index contributed by atoms with van der Waals surface area (Å²) in [4.78, 5) is 16.4. The molecule has 0 aliphatic rings. The van der Waals surface area contributed by atoms with Crippen LogP contribution in [0.25, 0.3) is 155 Å². The predicted molar refractivity (Wildman–Crippen MR) is 339 cm³/mol. The first-order valence-electron chi connectivity index (χ1n) is 27.9. The normalized spacial score (nSPS) is 11.9. The molecule has 17 rings (SSSR count). The van der Waals surface area contributed by atoms with Gasteiger partial charge in [0.05, 0.1) is 49.8 Å². The molecule has 5 aromatic heterocycles. The van der Waals surface area contributed by atoms with E-state index in [1.807, 2.05) is 36.4 Å². The van der Waals surface area contributed by atoms with E-state index < -0.39 is 0 Å². The van der Waals surface area contributed by atoms with Crippen LogP contribution in [0.1, 0.15) is 0 Å². The lowest BCUT2D eigenvalue weighted by Crippen LogP contribution is -2.06. The lowest BCUT2D eigenvalue weighted by atomic mass is 9.95. The fraction of sp³-hybridized carbons (Fsp3) is 0. The number of aromatic nitrogens is 7. The highest BCUT2D eigenvalue weighted by atomic mass is 15.1. The van der Waals surface area contributed by atoms with E-state index in [9.17, 15) is 0 Å². The largest absolute Gasteiger partial charge is 0.309 e. The molecule has 82 heavy (non-hydrogen) atoms. The van der Waals surface area contributed by atoms with Crippen LogP contribution in [0.4, 0.5) is 0 Å². The van der Waals surface area contributed by atoms with Crippen molar-refractivity contribution >= 4 is 87.2 Å². The van der Waals surface area contributed by atoms with Crippen molar-refractivity contribution in [2.45, 2.75) is 0 Å². The number of hydrogen-bond donors (Lipinski definition) is 0. The summed E-state index contributed by atoms with van der Waals surface area (Å²) in [5.74, 6) is 1.75. The van der Waals surface area contributed by atoms with Crippen molar-refractivity contribution in [2.24, 2.45) is 0 Å². The highest BCUT2D eigenvalue weighted by Crippen LogP contribution is 2.52. The summed E-state index contributed by atoms with van der Waals surface area (Å²) in [6, 6.07) is 102. The average Bonchev–Trinajstić information content (AvgIpc) is 1.81. The summed E-state index contributed by atoms with van der Waals surface area (Å²) in [5, 5.41) is 9.37. The highest BCUT2D eigenvalue weighted by molar-refractivity contribution is 6.40. The molecule has 17 aromatic rings. The Kier molecular flexibility index (Phi) is 10.2. The quantitative estimate of drug-likeness (QED) is 0.152. The number of para-hydroxylation sites is 7. The zero-order valence-electron chi connectivity index (χ0n) is 44.3. The number of benzene rings is 12. The van der Waals surface area contributed by atoms with Gasteiger partial charge in [-0.25, -0.2) is 15.0 Å². The smallest absolute Gasteiger partial charge is 0.164 e. The van der Waals surface area contributed by atoms with Crippen molar-refractivity contribution < 1.29 is 0 Å². The van der Waals surface area contributed by atoms with Crippen LogP contribution in [0, 0.1) is 0 Å². The molecule has 0 aliphatic heterocycles. The molecule has 0 fully saturated rings. The Bertz CT molecular complexity index is 5190. The first kappa shape index (κ1) is 45.8. The molecule has 7 nitrogen and oxygen atoms in total. The van der Waals surface area contributed by atoms with Crippen LogP contribution in [-0.2, 0) is 0 Å². The molecule has 7 heteroatoms. The molecule has 0 amide bonds. The summed E-state index contributed by atoms with van der Waals surface area (Å²) in [7, 11) is 0. The topological polar surface area (TPSA) is 58.4 Å².